The molecule has 0 N–H and O–H groups in total. The lowest BCUT2D eigenvalue weighted by atomic mass is 10.1. The van der Waals surface area contributed by atoms with Gasteiger partial charge in [-0.25, -0.2) is 0 Å². The molecule has 1 aliphatic heterocycles. The molecule has 0 amide bonds. The van der Waals surface area contributed by atoms with Gasteiger partial charge in [0.25, 0.3) is 0 Å². The molecular formula is C11H22O. The van der Waals surface area contributed by atoms with Gasteiger partial charge in [0, 0.05) is 6.61 Å². The van der Waals surface area contributed by atoms with Crippen LogP contribution < -0.4 is 0 Å². The molecule has 1 atom stereocenters. The lowest BCUT2D eigenvalue weighted by Crippen LogP contribution is -2.03. The average molecular weight is 170 g/mol. The Bertz CT molecular complexity index is 95.2. The maximum absolute atomic E-state index is 5.56. The zero-order chi connectivity index (χ0) is 8.65. The molecule has 1 heterocycles. The van der Waals surface area contributed by atoms with Crippen LogP contribution in [0.15, 0.2) is 0 Å². The summed E-state index contributed by atoms with van der Waals surface area (Å²) in [6.45, 7) is 3.28. The molecule has 1 rings (SSSR count). The molecule has 0 radical (unpaired) electrons. The van der Waals surface area contributed by atoms with Crippen molar-refractivity contribution in [2.45, 2.75) is 64.4 Å². The first-order valence-corrected chi connectivity index (χ1v) is 5.55. The van der Waals surface area contributed by atoms with Gasteiger partial charge >= 0.3 is 0 Å². The van der Waals surface area contributed by atoms with Crippen molar-refractivity contribution in [1.82, 2.24) is 0 Å². The summed E-state index contributed by atoms with van der Waals surface area (Å²) in [7, 11) is 0. The topological polar surface area (TPSA) is 9.23 Å². The molecule has 0 aromatic rings. The molecule has 72 valence electrons. The lowest BCUT2D eigenvalue weighted by Gasteiger charge is -2.07. The largest absolute Gasteiger partial charge is 0.378 e. The molecular weight excluding hydrogens is 148 g/mol. The second-order valence-electron chi connectivity index (χ2n) is 3.84. The molecule has 1 nitrogen and oxygen atoms in total. The minimum absolute atomic E-state index is 0.617. The van der Waals surface area contributed by atoms with Crippen LogP contribution in [0, 0.1) is 0 Å². The Morgan fingerprint density at radius 2 is 2.00 bits per heavy atom. The van der Waals surface area contributed by atoms with E-state index in [1.165, 1.54) is 51.4 Å². The summed E-state index contributed by atoms with van der Waals surface area (Å²) in [6, 6.07) is 0. The Morgan fingerprint density at radius 1 is 1.17 bits per heavy atom. The minimum Gasteiger partial charge on any atom is -0.378 e. The zero-order valence-corrected chi connectivity index (χ0v) is 8.35. The van der Waals surface area contributed by atoms with Gasteiger partial charge in [-0.2, -0.15) is 0 Å². The average Bonchev–Trinajstić information content (AvgIpc) is 2.57. The summed E-state index contributed by atoms with van der Waals surface area (Å²) in [5, 5.41) is 0. The van der Waals surface area contributed by atoms with E-state index < -0.39 is 0 Å². The molecule has 0 saturated carbocycles. The molecule has 1 heteroatoms. The quantitative estimate of drug-likeness (QED) is 0.554. The molecule has 0 bridgehead atoms. The van der Waals surface area contributed by atoms with Crippen LogP contribution in [0.25, 0.3) is 0 Å². The van der Waals surface area contributed by atoms with E-state index in [0.717, 1.165) is 6.61 Å². The van der Waals surface area contributed by atoms with E-state index in [1.807, 2.05) is 0 Å². The van der Waals surface area contributed by atoms with Gasteiger partial charge in [-0.3, -0.25) is 0 Å². The van der Waals surface area contributed by atoms with E-state index in [0.29, 0.717) is 6.10 Å². The maximum atomic E-state index is 5.56. The van der Waals surface area contributed by atoms with Crippen molar-refractivity contribution in [3.05, 3.63) is 0 Å². The molecule has 0 aromatic carbocycles. The van der Waals surface area contributed by atoms with Crippen molar-refractivity contribution in [1.29, 1.82) is 0 Å². The van der Waals surface area contributed by atoms with E-state index >= 15 is 0 Å². The number of rotatable bonds is 6. The van der Waals surface area contributed by atoms with Crippen LogP contribution in [0.4, 0.5) is 0 Å². The molecule has 0 spiro atoms. The Balaban J connectivity index is 1.81. The zero-order valence-electron chi connectivity index (χ0n) is 8.35. The standard InChI is InChI=1S/C11H22O/c1-2-3-4-5-6-8-11-9-7-10-12-11/h11H,2-10H2,1H3. The summed E-state index contributed by atoms with van der Waals surface area (Å²) >= 11 is 0. The maximum Gasteiger partial charge on any atom is 0.0576 e. The van der Waals surface area contributed by atoms with Crippen LogP contribution in [-0.4, -0.2) is 12.7 Å². The van der Waals surface area contributed by atoms with Gasteiger partial charge in [-0.05, 0) is 19.3 Å². The molecule has 1 aliphatic rings. The van der Waals surface area contributed by atoms with Crippen molar-refractivity contribution in [3.63, 3.8) is 0 Å². The van der Waals surface area contributed by atoms with Crippen molar-refractivity contribution < 1.29 is 4.74 Å². The van der Waals surface area contributed by atoms with Gasteiger partial charge in [0.05, 0.1) is 6.10 Å². The fourth-order valence-electron chi connectivity index (χ4n) is 1.85. The smallest absolute Gasteiger partial charge is 0.0576 e. The monoisotopic (exact) mass is 170 g/mol. The van der Waals surface area contributed by atoms with E-state index in [2.05, 4.69) is 6.92 Å². The van der Waals surface area contributed by atoms with Crippen LogP contribution in [-0.2, 0) is 4.74 Å². The third-order valence-corrected chi connectivity index (χ3v) is 2.65. The van der Waals surface area contributed by atoms with Crippen molar-refractivity contribution in [2.75, 3.05) is 6.61 Å². The fourth-order valence-corrected chi connectivity index (χ4v) is 1.85. The van der Waals surface area contributed by atoms with E-state index in [4.69, 9.17) is 4.74 Å². The van der Waals surface area contributed by atoms with E-state index in [9.17, 15) is 0 Å². The van der Waals surface area contributed by atoms with E-state index in [-0.39, 0.29) is 0 Å². The predicted octanol–water partition coefficient (Wildman–Crippen LogP) is 3.53. The van der Waals surface area contributed by atoms with Crippen molar-refractivity contribution in [3.8, 4) is 0 Å². The van der Waals surface area contributed by atoms with Gasteiger partial charge in [0.1, 0.15) is 0 Å². The van der Waals surface area contributed by atoms with Crippen molar-refractivity contribution >= 4 is 0 Å². The molecule has 1 fully saturated rings. The first-order valence-electron chi connectivity index (χ1n) is 5.55. The van der Waals surface area contributed by atoms with Crippen LogP contribution in [0.2, 0.25) is 0 Å². The molecule has 12 heavy (non-hydrogen) atoms. The second-order valence-corrected chi connectivity index (χ2v) is 3.84. The summed E-state index contributed by atoms with van der Waals surface area (Å²) in [5.74, 6) is 0. The SMILES string of the molecule is CCCCCCCC1CCCO1. The highest BCUT2D eigenvalue weighted by atomic mass is 16.5. The van der Waals surface area contributed by atoms with Gasteiger partial charge in [-0.15, -0.1) is 0 Å². The first-order chi connectivity index (χ1) is 5.93. The minimum atomic E-state index is 0.617. The van der Waals surface area contributed by atoms with Gasteiger partial charge < -0.3 is 4.74 Å². The van der Waals surface area contributed by atoms with Gasteiger partial charge in [-0.1, -0.05) is 39.0 Å². The summed E-state index contributed by atoms with van der Waals surface area (Å²) in [6.07, 6.45) is 11.5. The van der Waals surface area contributed by atoms with Crippen LogP contribution in [0.5, 0.6) is 0 Å². The first kappa shape index (κ1) is 10.0. The summed E-state index contributed by atoms with van der Waals surface area (Å²) in [4.78, 5) is 0. The number of ether oxygens (including phenoxy) is 1. The molecule has 1 saturated heterocycles. The molecule has 1 unspecified atom stereocenters. The summed E-state index contributed by atoms with van der Waals surface area (Å²) in [5.41, 5.74) is 0. The Hall–Kier alpha value is -0.0400. The van der Waals surface area contributed by atoms with Crippen molar-refractivity contribution in [2.24, 2.45) is 0 Å². The Labute approximate surface area is 76.5 Å². The second kappa shape index (κ2) is 6.47. The van der Waals surface area contributed by atoms with Crippen LogP contribution in [0.1, 0.15) is 58.3 Å². The highest BCUT2D eigenvalue weighted by molar-refractivity contribution is 4.64. The summed E-state index contributed by atoms with van der Waals surface area (Å²) < 4.78 is 5.56. The third-order valence-electron chi connectivity index (χ3n) is 2.65. The molecule has 0 aliphatic carbocycles. The predicted molar refractivity (Wildman–Crippen MR) is 52.4 cm³/mol. The third kappa shape index (κ3) is 4.10. The highest BCUT2D eigenvalue weighted by Crippen LogP contribution is 2.18. The number of hydrogen-bond donors (Lipinski definition) is 0. The van der Waals surface area contributed by atoms with E-state index in [1.54, 1.807) is 0 Å². The molecule has 0 aromatic heterocycles. The normalized spacial score (nSPS) is 23.2. The highest BCUT2D eigenvalue weighted by Gasteiger charge is 2.13. The van der Waals surface area contributed by atoms with Crippen LogP contribution in [0.3, 0.4) is 0 Å². The van der Waals surface area contributed by atoms with Crippen LogP contribution >= 0.6 is 0 Å². The van der Waals surface area contributed by atoms with Gasteiger partial charge in [0.2, 0.25) is 0 Å². The lowest BCUT2D eigenvalue weighted by molar-refractivity contribution is 0.102. The van der Waals surface area contributed by atoms with Gasteiger partial charge in [0.15, 0.2) is 0 Å². The number of hydrogen-bond acceptors (Lipinski definition) is 1. The number of unbranched alkanes of at least 4 members (excludes halogenated alkanes) is 4. The Morgan fingerprint density at radius 3 is 2.67 bits per heavy atom. The Kier molecular flexibility index (Phi) is 5.42. The fraction of sp³-hybridized carbons (Fsp3) is 1.00.